The highest BCUT2D eigenvalue weighted by Gasteiger charge is 2.20. The van der Waals surface area contributed by atoms with Gasteiger partial charge in [0, 0.05) is 32.1 Å². The van der Waals surface area contributed by atoms with Crippen molar-refractivity contribution in [3.8, 4) is 6.07 Å². The van der Waals surface area contributed by atoms with Crippen LogP contribution < -0.4 is 5.73 Å². The fraction of sp³-hybridized carbons (Fsp3) is 0.562. The Morgan fingerprint density at radius 2 is 2.00 bits per heavy atom. The number of nitriles is 1. The van der Waals surface area contributed by atoms with Crippen LogP contribution in [0.15, 0.2) is 24.3 Å². The van der Waals surface area contributed by atoms with Gasteiger partial charge in [0.2, 0.25) is 0 Å². The molecule has 1 unspecified atom stereocenters. The van der Waals surface area contributed by atoms with Gasteiger partial charge in [0.25, 0.3) is 0 Å². The number of benzene rings is 1. The van der Waals surface area contributed by atoms with Crippen molar-refractivity contribution in [1.82, 2.24) is 4.90 Å². The monoisotopic (exact) mass is 259 g/mol. The number of rotatable bonds is 7. The molecule has 0 heterocycles. The van der Waals surface area contributed by atoms with Gasteiger partial charge >= 0.3 is 0 Å². The van der Waals surface area contributed by atoms with Gasteiger partial charge in [-0.3, -0.25) is 4.90 Å². The first-order valence-corrected chi connectivity index (χ1v) is 6.96. The van der Waals surface area contributed by atoms with Gasteiger partial charge in [0.05, 0.1) is 6.07 Å². The van der Waals surface area contributed by atoms with E-state index >= 15 is 0 Å². The second kappa shape index (κ2) is 7.93. The van der Waals surface area contributed by atoms with E-state index < -0.39 is 0 Å². The van der Waals surface area contributed by atoms with Gasteiger partial charge in [-0.05, 0) is 24.0 Å². The number of hydrogen-bond donors (Lipinski definition) is 1. The Morgan fingerprint density at radius 1 is 1.32 bits per heavy atom. The molecule has 0 radical (unpaired) electrons. The summed E-state index contributed by atoms with van der Waals surface area (Å²) in [5.74, 6) is 0.566. The van der Waals surface area contributed by atoms with Crippen molar-refractivity contribution in [3.05, 3.63) is 35.4 Å². The summed E-state index contributed by atoms with van der Waals surface area (Å²) in [6.07, 6.45) is 0.551. The second-order valence-electron chi connectivity index (χ2n) is 5.40. The molecule has 0 aliphatic carbocycles. The van der Waals surface area contributed by atoms with Crippen molar-refractivity contribution in [3.63, 3.8) is 0 Å². The van der Waals surface area contributed by atoms with Crippen molar-refractivity contribution in [2.75, 3.05) is 19.6 Å². The molecule has 0 bridgehead atoms. The van der Waals surface area contributed by atoms with Gasteiger partial charge in [-0.2, -0.15) is 5.26 Å². The summed E-state index contributed by atoms with van der Waals surface area (Å²) in [5, 5.41) is 8.82. The van der Waals surface area contributed by atoms with Crippen LogP contribution in [0.5, 0.6) is 0 Å². The third kappa shape index (κ3) is 4.66. The Bertz CT molecular complexity index is 420. The van der Waals surface area contributed by atoms with E-state index in [2.05, 4.69) is 56.0 Å². The molecule has 104 valence electrons. The molecule has 0 fully saturated rings. The van der Waals surface area contributed by atoms with Crippen molar-refractivity contribution in [2.24, 2.45) is 11.7 Å². The minimum absolute atomic E-state index is 0.206. The van der Waals surface area contributed by atoms with Gasteiger partial charge in [-0.15, -0.1) is 0 Å². The third-order valence-electron chi connectivity index (χ3n) is 3.32. The molecular formula is C16H25N3. The van der Waals surface area contributed by atoms with E-state index in [1.807, 2.05) is 0 Å². The van der Waals surface area contributed by atoms with Crippen molar-refractivity contribution < 1.29 is 0 Å². The van der Waals surface area contributed by atoms with Gasteiger partial charge in [-0.25, -0.2) is 0 Å². The molecule has 1 rings (SSSR count). The van der Waals surface area contributed by atoms with E-state index in [1.165, 1.54) is 11.1 Å². The molecule has 0 saturated carbocycles. The zero-order valence-corrected chi connectivity index (χ0v) is 12.3. The maximum atomic E-state index is 8.82. The highest BCUT2D eigenvalue weighted by atomic mass is 15.2. The normalized spacial score (nSPS) is 12.7. The van der Waals surface area contributed by atoms with Gasteiger partial charge in [0.1, 0.15) is 0 Å². The zero-order valence-electron chi connectivity index (χ0n) is 12.3. The van der Waals surface area contributed by atoms with Gasteiger partial charge in [0.15, 0.2) is 0 Å². The van der Waals surface area contributed by atoms with Crippen LogP contribution >= 0.6 is 0 Å². The van der Waals surface area contributed by atoms with Crippen LogP contribution in [0, 0.1) is 24.2 Å². The molecule has 0 aliphatic rings. The lowest BCUT2D eigenvalue weighted by Gasteiger charge is -2.33. The standard InChI is InChI=1S/C16H25N3/c1-13(2)12-19(10-6-9-17)16(11-18)15-8-5-4-7-14(15)3/h4-5,7-8,13,16H,6,10-12,18H2,1-3H3. The van der Waals surface area contributed by atoms with Gasteiger partial charge in [-0.1, -0.05) is 38.1 Å². The molecule has 19 heavy (non-hydrogen) atoms. The van der Waals surface area contributed by atoms with Crippen LogP contribution in [0.4, 0.5) is 0 Å². The quantitative estimate of drug-likeness (QED) is 0.819. The smallest absolute Gasteiger partial charge is 0.0635 e. The molecule has 2 N–H and O–H groups in total. The van der Waals surface area contributed by atoms with Crippen LogP contribution in [-0.4, -0.2) is 24.5 Å². The summed E-state index contributed by atoms with van der Waals surface area (Å²) >= 11 is 0. The number of nitrogens with zero attached hydrogens (tertiary/aromatic N) is 2. The van der Waals surface area contributed by atoms with Crippen molar-refractivity contribution >= 4 is 0 Å². The predicted octanol–water partition coefficient (Wildman–Crippen LogP) is 2.87. The topological polar surface area (TPSA) is 53.0 Å². The average molecular weight is 259 g/mol. The summed E-state index contributed by atoms with van der Waals surface area (Å²) in [5.41, 5.74) is 8.55. The van der Waals surface area contributed by atoms with Crippen molar-refractivity contribution in [2.45, 2.75) is 33.2 Å². The van der Waals surface area contributed by atoms with Crippen LogP contribution in [0.3, 0.4) is 0 Å². The van der Waals surface area contributed by atoms with Gasteiger partial charge < -0.3 is 5.73 Å². The van der Waals surface area contributed by atoms with E-state index in [1.54, 1.807) is 0 Å². The molecular weight excluding hydrogens is 234 g/mol. The number of aryl methyl sites for hydroxylation is 1. The van der Waals surface area contributed by atoms with Crippen molar-refractivity contribution in [1.29, 1.82) is 5.26 Å². The zero-order chi connectivity index (χ0) is 14.3. The molecule has 3 nitrogen and oxygen atoms in total. The predicted molar refractivity (Wildman–Crippen MR) is 79.6 cm³/mol. The molecule has 1 aromatic rings. The summed E-state index contributed by atoms with van der Waals surface area (Å²) in [4.78, 5) is 2.34. The highest BCUT2D eigenvalue weighted by Crippen LogP contribution is 2.24. The molecule has 1 aromatic carbocycles. The van der Waals surface area contributed by atoms with Crippen LogP contribution in [0.1, 0.15) is 37.4 Å². The lowest BCUT2D eigenvalue weighted by Crippen LogP contribution is -2.37. The molecule has 0 aromatic heterocycles. The van der Waals surface area contributed by atoms with Crippen LogP contribution in [-0.2, 0) is 0 Å². The first-order valence-electron chi connectivity index (χ1n) is 6.96. The molecule has 3 heteroatoms. The fourth-order valence-electron chi connectivity index (χ4n) is 2.47. The number of nitrogens with two attached hydrogens (primary N) is 1. The first-order chi connectivity index (χ1) is 9.10. The summed E-state index contributed by atoms with van der Waals surface area (Å²) in [6, 6.07) is 10.8. The minimum Gasteiger partial charge on any atom is -0.329 e. The lowest BCUT2D eigenvalue weighted by molar-refractivity contribution is 0.183. The Kier molecular flexibility index (Phi) is 6.55. The largest absolute Gasteiger partial charge is 0.329 e. The number of hydrogen-bond acceptors (Lipinski definition) is 3. The second-order valence-corrected chi connectivity index (χ2v) is 5.40. The molecule has 0 saturated heterocycles. The van der Waals surface area contributed by atoms with E-state index in [0.717, 1.165) is 13.1 Å². The summed E-state index contributed by atoms with van der Waals surface area (Å²) < 4.78 is 0. The van der Waals surface area contributed by atoms with E-state index in [0.29, 0.717) is 18.9 Å². The molecule has 1 atom stereocenters. The average Bonchev–Trinajstić information content (AvgIpc) is 2.38. The summed E-state index contributed by atoms with van der Waals surface area (Å²) in [7, 11) is 0. The Balaban J connectivity index is 2.95. The summed E-state index contributed by atoms with van der Waals surface area (Å²) in [6.45, 7) is 8.86. The minimum atomic E-state index is 0.206. The molecule has 0 aliphatic heterocycles. The Hall–Kier alpha value is -1.37. The Labute approximate surface area is 117 Å². The van der Waals surface area contributed by atoms with Crippen LogP contribution in [0.25, 0.3) is 0 Å². The molecule has 0 spiro atoms. The maximum absolute atomic E-state index is 8.82. The Morgan fingerprint density at radius 3 is 2.53 bits per heavy atom. The SMILES string of the molecule is Cc1ccccc1C(CN)N(CCC#N)CC(C)C. The van der Waals surface area contributed by atoms with E-state index in [-0.39, 0.29) is 6.04 Å². The maximum Gasteiger partial charge on any atom is 0.0635 e. The van der Waals surface area contributed by atoms with E-state index in [4.69, 9.17) is 11.0 Å². The fourth-order valence-corrected chi connectivity index (χ4v) is 2.47. The van der Waals surface area contributed by atoms with E-state index in [9.17, 15) is 0 Å². The molecule has 0 amide bonds. The highest BCUT2D eigenvalue weighted by molar-refractivity contribution is 5.29. The first kappa shape index (κ1) is 15.7. The third-order valence-corrected chi connectivity index (χ3v) is 3.32. The van der Waals surface area contributed by atoms with Crippen LogP contribution in [0.2, 0.25) is 0 Å². The lowest BCUT2D eigenvalue weighted by atomic mass is 9.99.